The molecule has 194 valence electrons. The van der Waals surface area contributed by atoms with Crippen LogP contribution in [0.2, 0.25) is 0 Å². The van der Waals surface area contributed by atoms with Crippen LogP contribution in [-0.2, 0) is 0 Å². The van der Waals surface area contributed by atoms with Crippen molar-refractivity contribution in [3.63, 3.8) is 0 Å². The second-order valence-corrected chi connectivity index (χ2v) is 9.00. The quantitative estimate of drug-likeness (QED) is 0.404. The number of benzene rings is 3. The minimum absolute atomic E-state index is 0.430. The molecule has 37 heavy (non-hydrogen) atoms. The van der Waals surface area contributed by atoms with Gasteiger partial charge >= 0.3 is 6.09 Å². The third-order valence-electron chi connectivity index (χ3n) is 6.49. The smallest absolute Gasteiger partial charge is 0.412 e. The molecule has 0 aliphatic carbocycles. The molecule has 0 atom stereocenters. The number of hydrogen-bond acceptors (Lipinski definition) is 6. The van der Waals surface area contributed by atoms with Crippen molar-refractivity contribution in [3.8, 4) is 22.6 Å². The zero-order valence-electron chi connectivity index (χ0n) is 21.2. The van der Waals surface area contributed by atoms with Crippen LogP contribution in [0.4, 0.5) is 10.5 Å². The summed E-state index contributed by atoms with van der Waals surface area (Å²) >= 11 is 0. The van der Waals surface area contributed by atoms with E-state index in [-0.39, 0.29) is 0 Å². The summed E-state index contributed by atoms with van der Waals surface area (Å²) in [6.07, 6.45) is 1.40. The van der Waals surface area contributed by atoms with Crippen LogP contribution < -0.4 is 25.4 Å². The highest BCUT2D eigenvalue weighted by Gasteiger charge is 2.19. The molecule has 1 fully saturated rings. The first kappa shape index (κ1) is 26.0. The largest absolute Gasteiger partial charge is 0.495 e. The summed E-state index contributed by atoms with van der Waals surface area (Å²) in [6, 6.07) is 22.4. The van der Waals surface area contributed by atoms with Gasteiger partial charge in [-0.1, -0.05) is 36.4 Å². The van der Waals surface area contributed by atoms with Crippen molar-refractivity contribution in [3.05, 3.63) is 78.4 Å². The molecule has 4 rings (SSSR count). The van der Waals surface area contributed by atoms with E-state index in [4.69, 9.17) is 15.2 Å². The zero-order valence-corrected chi connectivity index (χ0v) is 21.2. The van der Waals surface area contributed by atoms with Crippen LogP contribution in [0.15, 0.2) is 72.8 Å². The fraction of sp³-hybridized carbons (Fsp3) is 0.310. The first-order chi connectivity index (χ1) is 18.0. The highest BCUT2D eigenvalue weighted by Crippen LogP contribution is 2.28. The number of piperazine rings is 1. The second-order valence-electron chi connectivity index (χ2n) is 9.00. The Hall–Kier alpha value is -4.04. The van der Waals surface area contributed by atoms with Crippen LogP contribution in [0.3, 0.4) is 0 Å². The van der Waals surface area contributed by atoms with Crippen molar-refractivity contribution in [2.75, 3.05) is 51.3 Å². The van der Waals surface area contributed by atoms with Gasteiger partial charge in [0.05, 0.1) is 12.8 Å². The van der Waals surface area contributed by atoms with Crippen molar-refractivity contribution in [2.24, 2.45) is 5.73 Å². The molecule has 3 aromatic carbocycles. The van der Waals surface area contributed by atoms with E-state index >= 15 is 0 Å². The Morgan fingerprint density at radius 2 is 1.62 bits per heavy atom. The van der Waals surface area contributed by atoms with E-state index in [1.165, 1.54) is 0 Å². The molecule has 0 spiro atoms. The normalized spacial score (nSPS) is 13.7. The van der Waals surface area contributed by atoms with Crippen molar-refractivity contribution in [1.29, 1.82) is 0 Å². The summed E-state index contributed by atoms with van der Waals surface area (Å²) in [5.41, 5.74) is 8.62. The molecule has 0 aromatic heterocycles. The molecule has 3 N–H and O–H groups in total. The minimum Gasteiger partial charge on any atom is -0.495 e. The van der Waals surface area contributed by atoms with E-state index in [1.807, 2.05) is 36.4 Å². The number of para-hydroxylation sites is 2. The summed E-state index contributed by atoms with van der Waals surface area (Å²) in [7, 11) is 1.71. The fourth-order valence-electron chi connectivity index (χ4n) is 4.49. The van der Waals surface area contributed by atoms with E-state index in [0.717, 1.165) is 68.1 Å². The molecule has 1 aliphatic heterocycles. The molecule has 8 nitrogen and oxygen atoms in total. The van der Waals surface area contributed by atoms with Crippen LogP contribution in [0.5, 0.6) is 11.5 Å². The Morgan fingerprint density at radius 3 is 2.38 bits per heavy atom. The molecule has 8 heteroatoms. The van der Waals surface area contributed by atoms with Gasteiger partial charge in [-0.2, -0.15) is 0 Å². The van der Waals surface area contributed by atoms with E-state index in [0.29, 0.717) is 17.9 Å². The lowest BCUT2D eigenvalue weighted by Crippen LogP contribution is -2.46. The Labute approximate surface area is 218 Å². The Bertz CT molecular complexity index is 1210. The van der Waals surface area contributed by atoms with Gasteiger partial charge in [0, 0.05) is 38.3 Å². The van der Waals surface area contributed by atoms with Crippen LogP contribution in [0, 0.1) is 0 Å². The first-order valence-electron chi connectivity index (χ1n) is 12.6. The maximum Gasteiger partial charge on any atom is 0.412 e. The number of ether oxygens (including phenoxy) is 2. The maximum absolute atomic E-state index is 12.3. The molecule has 1 aliphatic rings. The molecule has 0 saturated carbocycles. The van der Waals surface area contributed by atoms with Gasteiger partial charge in [-0.25, -0.2) is 4.79 Å². The third-order valence-corrected chi connectivity index (χ3v) is 6.49. The van der Waals surface area contributed by atoms with E-state index in [9.17, 15) is 9.59 Å². The molecular weight excluding hydrogens is 468 g/mol. The number of anilines is 1. The molecule has 0 radical (unpaired) electrons. The Kier molecular flexibility index (Phi) is 8.99. The highest BCUT2D eigenvalue weighted by atomic mass is 16.6. The average Bonchev–Trinajstić information content (AvgIpc) is 2.93. The van der Waals surface area contributed by atoms with Crippen LogP contribution in [-0.4, -0.2) is 63.3 Å². The number of unbranched alkanes of at least 4 members (excludes halogenated alkanes) is 1. The minimum atomic E-state index is -0.483. The Morgan fingerprint density at radius 1 is 0.892 bits per heavy atom. The number of carbonyl (C=O) groups excluding carboxylic acids is 2. The topological polar surface area (TPSA) is 97.1 Å². The summed E-state index contributed by atoms with van der Waals surface area (Å²) in [5, 5.41) is 2.83. The van der Waals surface area contributed by atoms with E-state index in [1.54, 1.807) is 37.4 Å². The summed E-state index contributed by atoms with van der Waals surface area (Å²) < 4.78 is 11.0. The first-order valence-corrected chi connectivity index (χ1v) is 12.6. The molecule has 2 amide bonds. The van der Waals surface area contributed by atoms with E-state index in [2.05, 4.69) is 21.2 Å². The molecular formula is C29H34N4O4. The predicted molar refractivity (Wildman–Crippen MR) is 145 cm³/mol. The number of nitrogens with one attached hydrogen (secondary N) is 1. The lowest BCUT2D eigenvalue weighted by Gasteiger charge is -2.36. The summed E-state index contributed by atoms with van der Waals surface area (Å²) in [4.78, 5) is 28.6. The molecule has 0 bridgehead atoms. The molecule has 3 aromatic rings. The second kappa shape index (κ2) is 12.8. The van der Waals surface area contributed by atoms with Gasteiger partial charge < -0.3 is 25.4 Å². The molecule has 1 heterocycles. The number of rotatable bonds is 10. The van der Waals surface area contributed by atoms with Crippen LogP contribution in [0.25, 0.3) is 11.1 Å². The van der Waals surface area contributed by atoms with Gasteiger partial charge in [0.25, 0.3) is 0 Å². The zero-order chi connectivity index (χ0) is 26.0. The van der Waals surface area contributed by atoms with Gasteiger partial charge in [0.15, 0.2) is 0 Å². The van der Waals surface area contributed by atoms with E-state index < -0.39 is 12.0 Å². The van der Waals surface area contributed by atoms with Crippen molar-refractivity contribution in [2.45, 2.75) is 12.8 Å². The fourth-order valence-corrected chi connectivity index (χ4v) is 4.49. The predicted octanol–water partition coefficient (Wildman–Crippen LogP) is 4.15. The number of hydrogen-bond donors (Lipinski definition) is 2. The number of nitrogens with two attached hydrogens (primary N) is 1. The Balaban J connectivity index is 1.15. The van der Waals surface area contributed by atoms with Crippen LogP contribution in [0.1, 0.15) is 23.2 Å². The van der Waals surface area contributed by atoms with Gasteiger partial charge in [-0.15, -0.1) is 0 Å². The van der Waals surface area contributed by atoms with Gasteiger partial charge in [0.2, 0.25) is 5.91 Å². The number of carbonyl (C=O) groups is 2. The third kappa shape index (κ3) is 7.24. The maximum atomic E-state index is 12.3. The molecule has 1 saturated heterocycles. The van der Waals surface area contributed by atoms with Crippen molar-refractivity contribution < 1.29 is 19.1 Å². The average molecular weight is 503 g/mol. The van der Waals surface area contributed by atoms with Crippen LogP contribution >= 0.6 is 0 Å². The standard InChI is InChI=1S/C29H34N4O4/c1-36-27-13-3-2-12-26(27)33-18-16-32(17-19-33)15-5-4-14-31-29(35)37-25-11-7-9-23(21-25)22-8-6-10-24(20-22)28(30)34/h2-3,6-13,20-21H,4-5,14-19H2,1H3,(H2,30,34)(H,31,35). The number of nitrogens with zero attached hydrogens (tertiary/aromatic N) is 2. The summed E-state index contributed by atoms with van der Waals surface area (Å²) in [6.45, 7) is 5.51. The van der Waals surface area contributed by atoms with Crippen molar-refractivity contribution >= 4 is 17.7 Å². The van der Waals surface area contributed by atoms with Gasteiger partial charge in [0.1, 0.15) is 11.5 Å². The number of methoxy groups -OCH3 is 1. The van der Waals surface area contributed by atoms with Gasteiger partial charge in [-0.3, -0.25) is 9.69 Å². The van der Waals surface area contributed by atoms with Crippen molar-refractivity contribution in [1.82, 2.24) is 10.2 Å². The molecule has 0 unspecified atom stereocenters. The highest BCUT2D eigenvalue weighted by molar-refractivity contribution is 5.94. The number of primary amides is 1. The monoisotopic (exact) mass is 502 g/mol. The number of amides is 2. The summed E-state index contributed by atoms with van der Waals surface area (Å²) in [5.74, 6) is 0.870. The lowest BCUT2D eigenvalue weighted by molar-refractivity contribution is 0.1000. The SMILES string of the molecule is COc1ccccc1N1CCN(CCCCNC(=O)Oc2cccc(-c3cccc(C(N)=O)c3)c2)CC1. The van der Waals surface area contributed by atoms with Gasteiger partial charge in [-0.05, 0) is 66.9 Å². The lowest BCUT2D eigenvalue weighted by atomic mass is 10.0.